The summed E-state index contributed by atoms with van der Waals surface area (Å²) in [5.41, 5.74) is -0.326. The summed E-state index contributed by atoms with van der Waals surface area (Å²) in [7, 11) is 0. The van der Waals surface area contributed by atoms with Gasteiger partial charge in [0.2, 0.25) is 0 Å². The molecule has 0 aromatic carbocycles. The highest BCUT2D eigenvalue weighted by molar-refractivity contribution is 5.87. The molecule has 0 heterocycles. The second-order valence-corrected chi connectivity index (χ2v) is 11.0. The molecule has 0 amide bonds. The molecule has 0 aromatic heterocycles. The van der Waals surface area contributed by atoms with Gasteiger partial charge in [-0.2, -0.15) is 0 Å². The normalized spacial score (nSPS) is 44.7. The standard InChI is InChI=1S/C23H34O4/c1-12(2)20(24)27-23(6)10-14-7-15(11-23)19-16-8-13(18(14)19)9-17(16)21(25)26-22(3,4)5/h13-19H,1,7-11H2,2-6H3. The van der Waals surface area contributed by atoms with E-state index in [0.717, 1.165) is 19.3 Å². The molecule has 0 saturated heterocycles. The summed E-state index contributed by atoms with van der Waals surface area (Å²) in [5, 5.41) is 0. The third-order valence-corrected chi connectivity index (χ3v) is 7.61. The molecular formula is C23H34O4. The highest BCUT2D eigenvalue weighted by atomic mass is 16.6. The smallest absolute Gasteiger partial charge is 0.333 e. The van der Waals surface area contributed by atoms with Crippen molar-refractivity contribution < 1.29 is 19.1 Å². The minimum Gasteiger partial charge on any atom is -0.460 e. The van der Waals surface area contributed by atoms with Gasteiger partial charge in [-0.1, -0.05) is 6.58 Å². The summed E-state index contributed by atoms with van der Waals surface area (Å²) in [6.45, 7) is 13.4. The van der Waals surface area contributed by atoms with Crippen molar-refractivity contribution in [3.8, 4) is 0 Å². The van der Waals surface area contributed by atoms with Crippen molar-refractivity contribution in [2.45, 2.75) is 77.9 Å². The fraction of sp³-hybridized carbons (Fsp3) is 0.826. The Morgan fingerprint density at radius 2 is 1.63 bits per heavy atom. The summed E-state index contributed by atoms with van der Waals surface area (Å²) in [6, 6.07) is 0. The Morgan fingerprint density at radius 3 is 2.22 bits per heavy atom. The highest BCUT2D eigenvalue weighted by Gasteiger charge is 2.65. The zero-order valence-corrected chi connectivity index (χ0v) is 17.4. The van der Waals surface area contributed by atoms with Crippen molar-refractivity contribution in [1.82, 2.24) is 0 Å². The van der Waals surface area contributed by atoms with Crippen LogP contribution in [0.5, 0.6) is 0 Å². The van der Waals surface area contributed by atoms with Crippen molar-refractivity contribution in [3.63, 3.8) is 0 Å². The molecule has 4 aliphatic rings. The third-order valence-electron chi connectivity index (χ3n) is 7.61. The van der Waals surface area contributed by atoms with Gasteiger partial charge in [0.05, 0.1) is 5.92 Å². The first-order valence-electron chi connectivity index (χ1n) is 10.6. The van der Waals surface area contributed by atoms with Crippen LogP contribution in [0.3, 0.4) is 0 Å². The molecule has 150 valence electrons. The lowest BCUT2D eigenvalue weighted by Gasteiger charge is -2.39. The van der Waals surface area contributed by atoms with Crippen molar-refractivity contribution in [3.05, 3.63) is 12.2 Å². The first kappa shape index (κ1) is 19.0. The molecule has 4 aliphatic carbocycles. The van der Waals surface area contributed by atoms with Crippen LogP contribution in [0.1, 0.15) is 66.7 Å². The number of esters is 2. The summed E-state index contributed by atoms with van der Waals surface area (Å²) < 4.78 is 11.6. The maximum Gasteiger partial charge on any atom is 0.333 e. The largest absolute Gasteiger partial charge is 0.460 e. The van der Waals surface area contributed by atoms with E-state index < -0.39 is 5.60 Å². The Labute approximate surface area is 163 Å². The number of fused-ring (bicyclic) bond motifs is 9. The number of hydrogen-bond acceptors (Lipinski definition) is 4. The van der Waals surface area contributed by atoms with E-state index in [4.69, 9.17) is 9.47 Å². The molecule has 4 fully saturated rings. The average molecular weight is 375 g/mol. The lowest BCUT2D eigenvalue weighted by atomic mass is 9.71. The fourth-order valence-corrected chi connectivity index (χ4v) is 7.19. The fourth-order valence-electron chi connectivity index (χ4n) is 7.19. The Hall–Kier alpha value is -1.32. The van der Waals surface area contributed by atoms with Gasteiger partial charge in [0.25, 0.3) is 0 Å². The molecule has 0 aromatic rings. The van der Waals surface area contributed by atoms with Crippen LogP contribution >= 0.6 is 0 Å². The van der Waals surface area contributed by atoms with Crippen LogP contribution in [0.25, 0.3) is 0 Å². The first-order chi connectivity index (χ1) is 12.5. The average Bonchev–Trinajstić information content (AvgIpc) is 3.16. The van der Waals surface area contributed by atoms with Gasteiger partial charge in [0, 0.05) is 5.57 Å². The van der Waals surface area contributed by atoms with Crippen LogP contribution in [-0.2, 0) is 19.1 Å². The number of rotatable bonds is 3. The van der Waals surface area contributed by atoms with Gasteiger partial charge in [0.1, 0.15) is 11.2 Å². The molecular weight excluding hydrogens is 340 g/mol. The van der Waals surface area contributed by atoms with Crippen molar-refractivity contribution in [2.24, 2.45) is 41.4 Å². The van der Waals surface area contributed by atoms with E-state index in [-0.39, 0.29) is 23.5 Å². The number of carbonyl (C=O) groups excluding carboxylic acids is 2. The van der Waals surface area contributed by atoms with E-state index >= 15 is 0 Å². The monoisotopic (exact) mass is 374 g/mol. The molecule has 27 heavy (non-hydrogen) atoms. The minimum atomic E-state index is -0.417. The minimum absolute atomic E-state index is 0.00590. The molecule has 0 radical (unpaired) electrons. The lowest BCUT2D eigenvalue weighted by molar-refractivity contribution is -0.163. The Kier molecular flexibility index (Phi) is 4.29. The van der Waals surface area contributed by atoms with Crippen LogP contribution in [-0.4, -0.2) is 23.1 Å². The molecule has 4 bridgehead atoms. The SMILES string of the molecule is C=C(C)C(=O)OC1(C)CC2CC(C1)C1C3CC(CC3C(=O)OC(C)(C)C)C21. The highest BCUT2D eigenvalue weighted by Crippen LogP contribution is 2.69. The summed E-state index contributed by atoms with van der Waals surface area (Å²) >= 11 is 0. The van der Waals surface area contributed by atoms with Crippen LogP contribution in [0, 0.1) is 41.4 Å². The predicted molar refractivity (Wildman–Crippen MR) is 103 cm³/mol. The second-order valence-electron chi connectivity index (χ2n) is 11.0. The quantitative estimate of drug-likeness (QED) is 0.414. The van der Waals surface area contributed by atoms with Crippen LogP contribution in [0.15, 0.2) is 12.2 Å². The number of ether oxygens (including phenoxy) is 2. The van der Waals surface area contributed by atoms with Gasteiger partial charge >= 0.3 is 11.9 Å². The predicted octanol–water partition coefficient (Wildman–Crippen LogP) is 4.52. The molecule has 4 heteroatoms. The molecule has 4 nitrogen and oxygen atoms in total. The lowest BCUT2D eigenvalue weighted by Crippen LogP contribution is -2.39. The molecule has 4 rings (SSSR count). The molecule has 4 saturated carbocycles. The van der Waals surface area contributed by atoms with E-state index in [0.29, 0.717) is 41.1 Å². The maximum atomic E-state index is 12.8. The zero-order valence-electron chi connectivity index (χ0n) is 17.4. The second kappa shape index (κ2) is 6.09. The van der Waals surface area contributed by atoms with Gasteiger partial charge in [-0.3, -0.25) is 4.79 Å². The first-order valence-corrected chi connectivity index (χ1v) is 10.6. The topological polar surface area (TPSA) is 52.6 Å². The van der Waals surface area contributed by atoms with E-state index in [1.54, 1.807) is 6.92 Å². The Bertz CT molecular complexity index is 674. The van der Waals surface area contributed by atoms with Crippen LogP contribution in [0.2, 0.25) is 0 Å². The third kappa shape index (κ3) is 3.23. The van der Waals surface area contributed by atoms with E-state index in [1.165, 1.54) is 12.8 Å². The van der Waals surface area contributed by atoms with Crippen molar-refractivity contribution >= 4 is 11.9 Å². The van der Waals surface area contributed by atoms with Crippen molar-refractivity contribution in [1.29, 1.82) is 0 Å². The van der Waals surface area contributed by atoms with E-state index in [1.807, 2.05) is 20.8 Å². The molecule has 8 unspecified atom stereocenters. The molecule has 0 aliphatic heterocycles. The van der Waals surface area contributed by atoms with Crippen molar-refractivity contribution in [2.75, 3.05) is 0 Å². The molecule has 0 N–H and O–H groups in total. The van der Waals surface area contributed by atoms with Gasteiger partial charge < -0.3 is 9.47 Å². The van der Waals surface area contributed by atoms with Gasteiger partial charge in [-0.25, -0.2) is 4.79 Å². The van der Waals surface area contributed by atoms with Gasteiger partial charge in [-0.15, -0.1) is 0 Å². The van der Waals surface area contributed by atoms with Gasteiger partial charge in [-0.05, 0) is 102 Å². The summed E-state index contributed by atoms with van der Waals surface area (Å²) in [5.74, 6) is 3.43. The summed E-state index contributed by atoms with van der Waals surface area (Å²) in [4.78, 5) is 24.9. The number of carbonyl (C=O) groups is 2. The summed E-state index contributed by atoms with van der Waals surface area (Å²) in [6.07, 6.45) is 5.31. The molecule has 8 atom stereocenters. The maximum absolute atomic E-state index is 12.8. The Morgan fingerprint density at radius 1 is 1.00 bits per heavy atom. The zero-order chi connectivity index (χ0) is 19.7. The van der Waals surface area contributed by atoms with Crippen LogP contribution in [0.4, 0.5) is 0 Å². The van der Waals surface area contributed by atoms with E-state index in [2.05, 4.69) is 13.5 Å². The van der Waals surface area contributed by atoms with Gasteiger partial charge in [0.15, 0.2) is 0 Å². The Balaban J connectivity index is 1.50. The van der Waals surface area contributed by atoms with Crippen LogP contribution < -0.4 is 0 Å². The number of hydrogen-bond donors (Lipinski definition) is 0. The molecule has 0 spiro atoms. The van der Waals surface area contributed by atoms with E-state index in [9.17, 15) is 9.59 Å².